The van der Waals surface area contributed by atoms with Crippen molar-refractivity contribution in [2.45, 2.75) is 19.8 Å². The minimum absolute atomic E-state index is 0.0257. The number of rotatable bonds is 11. The molecule has 0 heterocycles. The van der Waals surface area contributed by atoms with Crippen LogP contribution in [0.2, 0.25) is 0 Å². The average molecular weight is 501 g/mol. The number of hydrogen-bond acceptors (Lipinski definition) is 6. The van der Waals surface area contributed by atoms with E-state index in [4.69, 9.17) is 9.47 Å². The lowest BCUT2D eigenvalue weighted by Crippen LogP contribution is -2.25. The van der Waals surface area contributed by atoms with Gasteiger partial charge in [-0.25, -0.2) is 4.79 Å². The summed E-state index contributed by atoms with van der Waals surface area (Å²) in [4.78, 5) is 23.8. The van der Waals surface area contributed by atoms with Crippen molar-refractivity contribution in [2.75, 3.05) is 26.9 Å². The maximum Gasteiger partial charge on any atom is 0.343 e. The number of carbonyl (C=O) groups is 2. The summed E-state index contributed by atoms with van der Waals surface area (Å²) in [5.41, 5.74) is 1.74. The summed E-state index contributed by atoms with van der Waals surface area (Å²) in [7, 11) is 1.27. The molecular weight excluding hydrogens is 476 g/mol. The second-order valence-electron chi connectivity index (χ2n) is 6.64. The van der Waals surface area contributed by atoms with Gasteiger partial charge in [-0.05, 0) is 65.0 Å². The maximum atomic E-state index is 12.4. The molecule has 7 nitrogen and oxygen atoms in total. The van der Waals surface area contributed by atoms with Crippen LogP contribution in [0.3, 0.4) is 0 Å². The molecule has 8 heteroatoms. The standard InChI is InChI=1S/C24H25BrN2O5/c1-3-31-21-14-18(13-20(25)23(21)32-16-22(28)30-2)12-19(15-26)24(29)27-11-7-10-17-8-5-4-6-9-17/h4-6,8-9,12-14H,3,7,10-11,16H2,1-2H3,(H,27,29)/b19-12-. The Morgan fingerprint density at radius 3 is 2.59 bits per heavy atom. The van der Waals surface area contributed by atoms with E-state index in [1.165, 1.54) is 18.7 Å². The lowest BCUT2D eigenvalue weighted by molar-refractivity contribution is -0.143. The third kappa shape index (κ3) is 7.75. The van der Waals surface area contributed by atoms with Crippen molar-refractivity contribution in [2.24, 2.45) is 0 Å². The van der Waals surface area contributed by atoms with Crippen molar-refractivity contribution in [3.63, 3.8) is 0 Å². The van der Waals surface area contributed by atoms with Gasteiger partial charge in [0.05, 0.1) is 18.2 Å². The summed E-state index contributed by atoms with van der Waals surface area (Å²) in [5.74, 6) is -0.268. The number of halogens is 1. The van der Waals surface area contributed by atoms with Crippen molar-refractivity contribution in [3.05, 3.63) is 63.6 Å². The molecule has 0 bridgehead atoms. The molecule has 32 heavy (non-hydrogen) atoms. The van der Waals surface area contributed by atoms with Gasteiger partial charge in [0.1, 0.15) is 11.6 Å². The van der Waals surface area contributed by atoms with Gasteiger partial charge in [0, 0.05) is 6.54 Å². The Kier molecular flexibility index (Phi) is 10.3. The molecule has 0 aliphatic carbocycles. The second-order valence-corrected chi connectivity index (χ2v) is 7.50. The molecule has 2 aromatic carbocycles. The highest BCUT2D eigenvalue weighted by Crippen LogP contribution is 2.37. The largest absolute Gasteiger partial charge is 0.490 e. The Morgan fingerprint density at radius 1 is 1.19 bits per heavy atom. The van der Waals surface area contributed by atoms with Crippen LogP contribution in [0, 0.1) is 11.3 Å². The minimum Gasteiger partial charge on any atom is -0.490 e. The van der Waals surface area contributed by atoms with Crippen LogP contribution in [0.4, 0.5) is 0 Å². The summed E-state index contributed by atoms with van der Waals surface area (Å²) in [6, 6.07) is 15.2. The average Bonchev–Trinajstić information content (AvgIpc) is 2.80. The SMILES string of the molecule is CCOc1cc(/C=C(/C#N)C(=O)NCCCc2ccccc2)cc(Br)c1OCC(=O)OC. The van der Waals surface area contributed by atoms with Crippen molar-refractivity contribution < 1.29 is 23.8 Å². The van der Waals surface area contributed by atoms with E-state index >= 15 is 0 Å². The van der Waals surface area contributed by atoms with Gasteiger partial charge in [0.2, 0.25) is 0 Å². The number of hydrogen-bond donors (Lipinski definition) is 1. The van der Waals surface area contributed by atoms with Crippen LogP contribution in [-0.4, -0.2) is 38.7 Å². The molecule has 0 atom stereocenters. The normalized spacial score (nSPS) is 10.8. The number of ether oxygens (including phenoxy) is 3. The number of nitriles is 1. The Hall–Kier alpha value is -3.31. The quantitative estimate of drug-likeness (QED) is 0.216. The molecule has 0 fully saturated rings. The van der Waals surface area contributed by atoms with Crippen molar-refractivity contribution in [1.29, 1.82) is 5.26 Å². The number of esters is 1. The zero-order chi connectivity index (χ0) is 23.3. The number of amides is 1. The Labute approximate surface area is 196 Å². The smallest absolute Gasteiger partial charge is 0.343 e. The number of aryl methyl sites for hydroxylation is 1. The predicted molar refractivity (Wildman–Crippen MR) is 124 cm³/mol. The summed E-state index contributed by atoms with van der Waals surface area (Å²) in [5, 5.41) is 12.2. The van der Waals surface area contributed by atoms with Crippen LogP contribution in [0.15, 0.2) is 52.5 Å². The van der Waals surface area contributed by atoms with Gasteiger partial charge < -0.3 is 19.5 Å². The first-order valence-corrected chi connectivity index (χ1v) is 10.9. The molecule has 1 N–H and O–H groups in total. The fourth-order valence-electron chi connectivity index (χ4n) is 2.81. The highest BCUT2D eigenvalue weighted by Gasteiger charge is 2.15. The number of carbonyl (C=O) groups excluding carboxylic acids is 2. The number of benzene rings is 2. The molecule has 0 aliphatic rings. The Morgan fingerprint density at radius 2 is 1.94 bits per heavy atom. The molecule has 0 spiro atoms. The fourth-order valence-corrected chi connectivity index (χ4v) is 3.39. The highest BCUT2D eigenvalue weighted by atomic mass is 79.9. The predicted octanol–water partition coefficient (Wildman–Crippen LogP) is 4.06. The molecule has 168 valence electrons. The van der Waals surface area contributed by atoms with Crippen LogP contribution in [0.5, 0.6) is 11.5 Å². The Bertz CT molecular complexity index is 999. The first-order chi connectivity index (χ1) is 15.5. The molecule has 2 aromatic rings. The molecule has 0 aromatic heterocycles. The monoisotopic (exact) mass is 500 g/mol. The molecule has 0 unspecified atom stereocenters. The van der Waals surface area contributed by atoms with Crippen molar-refractivity contribution in [3.8, 4) is 17.6 Å². The van der Waals surface area contributed by atoms with Crippen LogP contribution in [0.1, 0.15) is 24.5 Å². The molecule has 2 rings (SSSR count). The second kappa shape index (κ2) is 13.2. The highest BCUT2D eigenvalue weighted by molar-refractivity contribution is 9.10. The third-order valence-electron chi connectivity index (χ3n) is 4.34. The zero-order valence-electron chi connectivity index (χ0n) is 18.0. The van der Waals surface area contributed by atoms with E-state index in [9.17, 15) is 14.9 Å². The summed E-state index contributed by atoms with van der Waals surface area (Å²) in [6.45, 7) is 2.35. The van der Waals surface area contributed by atoms with Gasteiger partial charge in [-0.1, -0.05) is 30.3 Å². The molecule has 0 radical (unpaired) electrons. The minimum atomic E-state index is -0.529. The number of nitrogens with zero attached hydrogens (tertiary/aromatic N) is 1. The van der Waals surface area contributed by atoms with Crippen molar-refractivity contribution in [1.82, 2.24) is 5.32 Å². The van der Waals surface area contributed by atoms with Crippen LogP contribution in [0.25, 0.3) is 6.08 Å². The number of nitrogens with one attached hydrogen (secondary N) is 1. The van der Waals surface area contributed by atoms with E-state index in [1.807, 2.05) is 43.3 Å². The van der Waals surface area contributed by atoms with Crippen LogP contribution >= 0.6 is 15.9 Å². The van der Waals surface area contributed by atoms with E-state index in [0.29, 0.717) is 34.7 Å². The summed E-state index contributed by atoms with van der Waals surface area (Å²) in [6.07, 6.45) is 3.08. The first-order valence-electron chi connectivity index (χ1n) is 10.1. The Balaban J connectivity index is 2.08. The maximum absolute atomic E-state index is 12.4. The van der Waals surface area contributed by atoms with Crippen LogP contribution in [-0.2, 0) is 20.7 Å². The molecule has 0 saturated carbocycles. The van der Waals surface area contributed by atoms with E-state index in [0.717, 1.165) is 12.8 Å². The lowest BCUT2D eigenvalue weighted by Gasteiger charge is -2.14. The van der Waals surface area contributed by atoms with E-state index < -0.39 is 11.9 Å². The van der Waals surface area contributed by atoms with Gasteiger partial charge in [0.15, 0.2) is 18.1 Å². The zero-order valence-corrected chi connectivity index (χ0v) is 19.6. The van der Waals surface area contributed by atoms with Gasteiger partial charge in [0.25, 0.3) is 5.91 Å². The molecule has 0 saturated heterocycles. The van der Waals surface area contributed by atoms with E-state index in [2.05, 4.69) is 26.0 Å². The number of methoxy groups -OCH3 is 1. The topological polar surface area (TPSA) is 97.6 Å². The van der Waals surface area contributed by atoms with Gasteiger partial charge >= 0.3 is 5.97 Å². The van der Waals surface area contributed by atoms with Gasteiger partial charge in [-0.3, -0.25) is 4.79 Å². The third-order valence-corrected chi connectivity index (χ3v) is 4.93. The molecular formula is C24H25BrN2O5. The van der Waals surface area contributed by atoms with Crippen molar-refractivity contribution >= 4 is 33.9 Å². The van der Waals surface area contributed by atoms with E-state index in [1.54, 1.807) is 12.1 Å². The van der Waals surface area contributed by atoms with E-state index in [-0.39, 0.29) is 12.2 Å². The fraction of sp³-hybridized carbons (Fsp3) is 0.292. The first kappa shape index (κ1) is 25.0. The van der Waals surface area contributed by atoms with Gasteiger partial charge in [-0.2, -0.15) is 5.26 Å². The van der Waals surface area contributed by atoms with Gasteiger partial charge in [-0.15, -0.1) is 0 Å². The molecule has 1 amide bonds. The summed E-state index contributed by atoms with van der Waals surface area (Å²) >= 11 is 3.39. The molecule has 0 aliphatic heterocycles. The summed E-state index contributed by atoms with van der Waals surface area (Å²) < 4.78 is 16.2. The van der Waals surface area contributed by atoms with Crippen LogP contribution < -0.4 is 14.8 Å². The lowest BCUT2D eigenvalue weighted by atomic mass is 10.1.